The van der Waals surface area contributed by atoms with Gasteiger partial charge in [-0.2, -0.15) is 0 Å². The molecule has 0 saturated heterocycles. The number of urea groups is 1. The molecule has 0 aliphatic rings. The first-order chi connectivity index (χ1) is 12.0. The van der Waals surface area contributed by atoms with Crippen molar-refractivity contribution in [2.45, 2.75) is 13.0 Å². The van der Waals surface area contributed by atoms with E-state index in [-0.39, 0.29) is 18.5 Å². The summed E-state index contributed by atoms with van der Waals surface area (Å²) in [5, 5.41) is 5.53. The predicted molar refractivity (Wildman–Crippen MR) is 94.5 cm³/mol. The SMILES string of the molecule is CN(C)C(=O)COc1cccc(NC(=O)NCCCn2ccnc2)c1. The van der Waals surface area contributed by atoms with Crippen LogP contribution in [0, 0.1) is 0 Å². The maximum Gasteiger partial charge on any atom is 0.319 e. The number of rotatable bonds is 8. The van der Waals surface area contributed by atoms with Crippen LogP contribution in [0.4, 0.5) is 10.5 Å². The summed E-state index contributed by atoms with van der Waals surface area (Å²) in [4.78, 5) is 28.8. The topological polar surface area (TPSA) is 88.5 Å². The van der Waals surface area contributed by atoms with E-state index in [1.165, 1.54) is 4.90 Å². The van der Waals surface area contributed by atoms with E-state index >= 15 is 0 Å². The summed E-state index contributed by atoms with van der Waals surface area (Å²) in [6, 6.07) is 6.63. The largest absolute Gasteiger partial charge is 0.484 e. The van der Waals surface area contributed by atoms with E-state index in [1.54, 1.807) is 50.9 Å². The number of ether oxygens (including phenoxy) is 1. The second-order valence-corrected chi connectivity index (χ2v) is 5.64. The Labute approximate surface area is 146 Å². The molecule has 0 saturated carbocycles. The average molecular weight is 345 g/mol. The van der Waals surface area contributed by atoms with Crippen LogP contribution in [0.15, 0.2) is 43.0 Å². The third-order valence-electron chi connectivity index (χ3n) is 3.39. The first-order valence-corrected chi connectivity index (χ1v) is 7.98. The van der Waals surface area contributed by atoms with Crippen LogP contribution in [0.1, 0.15) is 6.42 Å². The standard InChI is InChI=1S/C17H23N5O3/c1-21(2)16(23)12-25-15-6-3-5-14(11-15)20-17(24)19-7-4-9-22-10-8-18-13-22/h3,5-6,8,10-11,13H,4,7,9,12H2,1-2H3,(H2,19,20,24). The number of imidazole rings is 1. The van der Waals surface area contributed by atoms with E-state index in [4.69, 9.17) is 4.74 Å². The van der Waals surface area contributed by atoms with Crippen LogP contribution >= 0.6 is 0 Å². The fourth-order valence-corrected chi connectivity index (χ4v) is 2.00. The van der Waals surface area contributed by atoms with Crippen LogP contribution in [0.25, 0.3) is 0 Å². The number of aryl methyl sites for hydroxylation is 1. The summed E-state index contributed by atoms with van der Waals surface area (Å²) in [7, 11) is 3.33. The quantitative estimate of drug-likeness (QED) is 0.711. The highest BCUT2D eigenvalue weighted by molar-refractivity contribution is 5.89. The van der Waals surface area contributed by atoms with E-state index in [0.29, 0.717) is 18.0 Å². The van der Waals surface area contributed by atoms with Crippen molar-refractivity contribution in [3.8, 4) is 5.75 Å². The van der Waals surface area contributed by atoms with Crippen molar-refractivity contribution in [3.63, 3.8) is 0 Å². The van der Waals surface area contributed by atoms with Gasteiger partial charge in [0.2, 0.25) is 0 Å². The summed E-state index contributed by atoms with van der Waals surface area (Å²) in [6.45, 7) is 1.30. The molecular formula is C17H23N5O3. The molecule has 1 aromatic carbocycles. The molecule has 2 N–H and O–H groups in total. The Balaban J connectivity index is 1.72. The van der Waals surface area contributed by atoms with Gasteiger partial charge in [-0.25, -0.2) is 9.78 Å². The van der Waals surface area contributed by atoms with Crippen LogP contribution in [0.2, 0.25) is 0 Å². The van der Waals surface area contributed by atoms with Gasteiger partial charge < -0.3 is 24.8 Å². The fraction of sp³-hybridized carbons (Fsp3) is 0.353. The summed E-state index contributed by atoms with van der Waals surface area (Å²) < 4.78 is 7.37. The van der Waals surface area contributed by atoms with E-state index in [1.807, 2.05) is 10.8 Å². The minimum absolute atomic E-state index is 0.0447. The lowest BCUT2D eigenvalue weighted by Crippen LogP contribution is -2.30. The molecule has 8 heteroatoms. The molecule has 0 unspecified atom stereocenters. The zero-order valence-corrected chi connectivity index (χ0v) is 14.4. The lowest BCUT2D eigenvalue weighted by Gasteiger charge is -2.12. The number of benzene rings is 1. The third kappa shape index (κ3) is 6.54. The summed E-state index contributed by atoms with van der Waals surface area (Å²) in [5.41, 5.74) is 0.599. The second-order valence-electron chi connectivity index (χ2n) is 5.64. The maximum atomic E-state index is 11.9. The molecule has 0 radical (unpaired) electrons. The minimum Gasteiger partial charge on any atom is -0.484 e. The molecule has 8 nitrogen and oxygen atoms in total. The van der Waals surface area contributed by atoms with Crippen LogP contribution in [0.3, 0.4) is 0 Å². The molecule has 0 atom stereocenters. The summed E-state index contributed by atoms with van der Waals surface area (Å²) in [5.74, 6) is 0.391. The van der Waals surface area contributed by atoms with Crippen molar-refractivity contribution in [2.24, 2.45) is 0 Å². The van der Waals surface area contributed by atoms with Gasteiger partial charge in [0.15, 0.2) is 6.61 Å². The zero-order valence-electron chi connectivity index (χ0n) is 14.4. The number of likely N-dealkylation sites (N-methyl/N-ethyl adjacent to an activating group) is 1. The van der Waals surface area contributed by atoms with Crippen LogP contribution in [-0.2, 0) is 11.3 Å². The molecule has 134 valence electrons. The number of carbonyl (C=O) groups is 2. The van der Waals surface area contributed by atoms with Gasteiger partial charge in [-0.15, -0.1) is 0 Å². The number of anilines is 1. The van der Waals surface area contributed by atoms with Gasteiger partial charge in [0, 0.05) is 51.3 Å². The number of nitrogens with zero attached hydrogens (tertiary/aromatic N) is 3. The highest BCUT2D eigenvalue weighted by Crippen LogP contribution is 2.17. The molecule has 2 rings (SSSR count). The number of nitrogens with one attached hydrogen (secondary N) is 2. The van der Waals surface area contributed by atoms with E-state index in [9.17, 15) is 9.59 Å². The van der Waals surface area contributed by atoms with Crippen LogP contribution in [-0.4, -0.2) is 53.6 Å². The van der Waals surface area contributed by atoms with Crippen molar-refractivity contribution in [3.05, 3.63) is 43.0 Å². The predicted octanol–water partition coefficient (Wildman–Crippen LogP) is 1.56. The normalized spacial score (nSPS) is 10.2. The molecule has 0 fully saturated rings. The molecule has 2 aromatic rings. The number of aromatic nitrogens is 2. The summed E-state index contributed by atoms with van der Waals surface area (Å²) in [6.07, 6.45) is 6.15. The molecule has 3 amide bonds. The third-order valence-corrected chi connectivity index (χ3v) is 3.39. The van der Waals surface area contributed by atoms with Gasteiger partial charge in [-0.05, 0) is 18.6 Å². The zero-order chi connectivity index (χ0) is 18.1. The Bertz CT molecular complexity index is 685. The Morgan fingerprint density at radius 3 is 2.88 bits per heavy atom. The van der Waals surface area contributed by atoms with Crippen molar-refractivity contribution in [1.82, 2.24) is 19.8 Å². The molecule has 0 aliphatic carbocycles. The molecular weight excluding hydrogens is 322 g/mol. The summed E-state index contributed by atoms with van der Waals surface area (Å²) >= 11 is 0. The Kier molecular flexibility index (Phi) is 6.82. The van der Waals surface area contributed by atoms with Gasteiger partial charge in [-0.3, -0.25) is 4.79 Å². The molecule has 1 heterocycles. The van der Waals surface area contributed by atoms with Crippen molar-refractivity contribution >= 4 is 17.6 Å². The molecule has 1 aromatic heterocycles. The fourth-order valence-electron chi connectivity index (χ4n) is 2.00. The van der Waals surface area contributed by atoms with E-state index < -0.39 is 0 Å². The van der Waals surface area contributed by atoms with Crippen molar-refractivity contribution < 1.29 is 14.3 Å². The minimum atomic E-state index is -0.285. The first-order valence-electron chi connectivity index (χ1n) is 7.98. The van der Waals surface area contributed by atoms with Gasteiger partial charge in [0.05, 0.1) is 6.33 Å². The number of hydrogen-bond acceptors (Lipinski definition) is 4. The Morgan fingerprint density at radius 1 is 1.32 bits per heavy atom. The highest BCUT2D eigenvalue weighted by atomic mass is 16.5. The smallest absolute Gasteiger partial charge is 0.319 e. The average Bonchev–Trinajstić information content (AvgIpc) is 3.10. The lowest BCUT2D eigenvalue weighted by atomic mass is 10.3. The lowest BCUT2D eigenvalue weighted by molar-refractivity contribution is -0.130. The van der Waals surface area contributed by atoms with E-state index in [0.717, 1.165) is 13.0 Å². The van der Waals surface area contributed by atoms with Crippen molar-refractivity contribution in [1.29, 1.82) is 0 Å². The number of hydrogen-bond donors (Lipinski definition) is 2. The van der Waals surface area contributed by atoms with Crippen LogP contribution in [0.5, 0.6) is 5.75 Å². The molecule has 0 aliphatic heterocycles. The van der Waals surface area contributed by atoms with Gasteiger partial charge in [0.1, 0.15) is 5.75 Å². The Hall–Kier alpha value is -3.03. The van der Waals surface area contributed by atoms with Crippen LogP contribution < -0.4 is 15.4 Å². The van der Waals surface area contributed by atoms with E-state index in [2.05, 4.69) is 15.6 Å². The molecule has 0 spiro atoms. The number of amides is 3. The monoisotopic (exact) mass is 345 g/mol. The molecule has 25 heavy (non-hydrogen) atoms. The number of carbonyl (C=O) groups excluding carboxylic acids is 2. The Morgan fingerprint density at radius 2 is 2.16 bits per heavy atom. The maximum absolute atomic E-state index is 11.9. The second kappa shape index (κ2) is 9.31. The van der Waals surface area contributed by atoms with Gasteiger partial charge >= 0.3 is 6.03 Å². The van der Waals surface area contributed by atoms with Crippen molar-refractivity contribution in [2.75, 3.05) is 32.6 Å². The van der Waals surface area contributed by atoms with Gasteiger partial charge in [-0.1, -0.05) is 6.07 Å². The van der Waals surface area contributed by atoms with Gasteiger partial charge in [0.25, 0.3) is 5.91 Å². The highest BCUT2D eigenvalue weighted by Gasteiger charge is 2.06. The first kappa shape index (κ1) is 18.3. The molecule has 0 bridgehead atoms.